The lowest BCUT2D eigenvalue weighted by atomic mass is 10.3. The zero-order valence-electron chi connectivity index (χ0n) is 8.81. The molecule has 2 atom stereocenters. The van der Waals surface area contributed by atoms with Gasteiger partial charge in [-0.2, -0.15) is 0 Å². The van der Waals surface area contributed by atoms with Gasteiger partial charge in [0.15, 0.2) is 6.29 Å². The van der Waals surface area contributed by atoms with Crippen LogP contribution in [0.3, 0.4) is 0 Å². The monoisotopic (exact) mass is 214 g/mol. The molecule has 0 aliphatic rings. The van der Waals surface area contributed by atoms with Gasteiger partial charge in [0.25, 0.3) is 0 Å². The van der Waals surface area contributed by atoms with Gasteiger partial charge in [-0.25, -0.2) is 4.39 Å². The minimum atomic E-state index is -0.972. The fourth-order valence-corrected chi connectivity index (χ4v) is 1.09. The Bertz CT molecular complexity index is 286. The van der Waals surface area contributed by atoms with E-state index in [1.807, 2.05) is 0 Å². The molecule has 15 heavy (non-hydrogen) atoms. The highest BCUT2D eigenvalue weighted by molar-refractivity contribution is 5.22. The van der Waals surface area contributed by atoms with Crippen LogP contribution in [0.4, 0.5) is 4.39 Å². The summed E-state index contributed by atoms with van der Waals surface area (Å²) in [6.45, 7) is 3.88. The van der Waals surface area contributed by atoms with Gasteiger partial charge >= 0.3 is 0 Å². The Hall–Kier alpha value is -1.13. The predicted molar refractivity (Wildman–Crippen MR) is 54.1 cm³/mol. The summed E-state index contributed by atoms with van der Waals surface area (Å²) >= 11 is 0. The molecule has 0 saturated heterocycles. The largest absolute Gasteiger partial charge is 0.485 e. The van der Waals surface area contributed by atoms with Crippen molar-refractivity contribution in [3.63, 3.8) is 0 Å². The lowest BCUT2D eigenvalue weighted by molar-refractivity contribution is -0.145. The lowest BCUT2D eigenvalue weighted by Gasteiger charge is -2.20. The van der Waals surface area contributed by atoms with Crippen LogP contribution in [-0.4, -0.2) is 24.1 Å². The number of rotatable bonds is 5. The van der Waals surface area contributed by atoms with Crippen LogP contribution in [0, 0.1) is 5.82 Å². The molecule has 0 aliphatic heterocycles. The third-order valence-electron chi connectivity index (χ3n) is 1.87. The van der Waals surface area contributed by atoms with Gasteiger partial charge in [-0.3, -0.25) is 0 Å². The normalized spacial score (nSPS) is 14.7. The summed E-state index contributed by atoms with van der Waals surface area (Å²) in [6.07, 6.45) is -1.46. The molecule has 0 bridgehead atoms. The molecule has 0 heterocycles. The van der Waals surface area contributed by atoms with Gasteiger partial charge in [0.05, 0.1) is 0 Å². The SMILES string of the molecule is CCOC(O)C(C)Oc1ccc(F)cc1. The fourth-order valence-electron chi connectivity index (χ4n) is 1.09. The van der Waals surface area contributed by atoms with Crippen LogP contribution in [0.5, 0.6) is 5.75 Å². The molecule has 0 radical (unpaired) electrons. The third kappa shape index (κ3) is 3.85. The molecule has 4 heteroatoms. The smallest absolute Gasteiger partial charge is 0.191 e. The maximum Gasteiger partial charge on any atom is 0.191 e. The molecular weight excluding hydrogens is 199 g/mol. The van der Waals surface area contributed by atoms with Crippen molar-refractivity contribution < 1.29 is 19.0 Å². The van der Waals surface area contributed by atoms with E-state index in [9.17, 15) is 9.50 Å². The molecule has 84 valence electrons. The molecule has 1 aromatic rings. The fraction of sp³-hybridized carbons (Fsp3) is 0.455. The van der Waals surface area contributed by atoms with E-state index < -0.39 is 12.4 Å². The third-order valence-corrected chi connectivity index (χ3v) is 1.87. The van der Waals surface area contributed by atoms with Crippen molar-refractivity contribution in [2.24, 2.45) is 0 Å². The molecule has 0 fully saturated rings. The molecule has 1 rings (SSSR count). The summed E-state index contributed by atoms with van der Waals surface area (Å²) < 4.78 is 22.9. The highest BCUT2D eigenvalue weighted by Crippen LogP contribution is 2.14. The van der Waals surface area contributed by atoms with Crippen molar-refractivity contribution in [2.75, 3.05) is 6.61 Å². The molecule has 0 spiro atoms. The Balaban J connectivity index is 2.50. The van der Waals surface area contributed by atoms with E-state index in [-0.39, 0.29) is 5.82 Å². The number of hydrogen-bond donors (Lipinski definition) is 1. The number of ether oxygens (including phenoxy) is 2. The van der Waals surface area contributed by atoms with Crippen molar-refractivity contribution in [3.05, 3.63) is 30.1 Å². The second-order valence-corrected chi connectivity index (χ2v) is 3.12. The molecule has 0 aliphatic carbocycles. The summed E-state index contributed by atoms with van der Waals surface area (Å²) in [6, 6.07) is 5.61. The molecule has 1 aromatic carbocycles. The second kappa shape index (κ2) is 5.68. The first-order valence-corrected chi connectivity index (χ1v) is 4.85. The summed E-state index contributed by atoms with van der Waals surface area (Å²) in [5.41, 5.74) is 0. The van der Waals surface area contributed by atoms with Crippen LogP contribution in [0.2, 0.25) is 0 Å². The Kier molecular flexibility index (Phi) is 4.52. The molecule has 3 nitrogen and oxygen atoms in total. The summed E-state index contributed by atoms with van der Waals surface area (Å²) in [5.74, 6) is 0.183. The topological polar surface area (TPSA) is 38.7 Å². The Morgan fingerprint density at radius 1 is 1.33 bits per heavy atom. The minimum Gasteiger partial charge on any atom is -0.485 e. The number of benzene rings is 1. The standard InChI is InChI=1S/C11H15FO3/c1-3-14-11(13)8(2)15-10-6-4-9(12)5-7-10/h4-8,11,13H,3H2,1-2H3. The lowest BCUT2D eigenvalue weighted by Crippen LogP contribution is -2.31. The Morgan fingerprint density at radius 2 is 1.93 bits per heavy atom. The van der Waals surface area contributed by atoms with E-state index in [2.05, 4.69) is 0 Å². The first-order chi connectivity index (χ1) is 7.13. The van der Waals surface area contributed by atoms with Gasteiger partial charge in [-0.1, -0.05) is 0 Å². The Labute approximate surface area is 88.4 Å². The van der Waals surface area contributed by atoms with E-state index in [1.165, 1.54) is 24.3 Å². The van der Waals surface area contributed by atoms with E-state index >= 15 is 0 Å². The van der Waals surface area contributed by atoms with Crippen LogP contribution < -0.4 is 4.74 Å². The van der Waals surface area contributed by atoms with Crippen LogP contribution in [0.1, 0.15) is 13.8 Å². The van der Waals surface area contributed by atoms with Gasteiger partial charge in [0, 0.05) is 6.61 Å². The van der Waals surface area contributed by atoms with Crippen molar-refractivity contribution in [1.82, 2.24) is 0 Å². The zero-order valence-corrected chi connectivity index (χ0v) is 8.81. The number of hydrogen-bond acceptors (Lipinski definition) is 3. The summed E-state index contributed by atoms with van der Waals surface area (Å²) in [4.78, 5) is 0. The molecular formula is C11H15FO3. The van der Waals surface area contributed by atoms with Crippen molar-refractivity contribution in [1.29, 1.82) is 0 Å². The van der Waals surface area contributed by atoms with E-state index in [0.29, 0.717) is 12.4 Å². The van der Waals surface area contributed by atoms with E-state index in [1.54, 1.807) is 13.8 Å². The molecule has 0 saturated carbocycles. The molecule has 2 unspecified atom stereocenters. The zero-order chi connectivity index (χ0) is 11.3. The van der Waals surface area contributed by atoms with Gasteiger partial charge < -0.3 is 14.6 Å². The second-order valence-electron chi connectivity index (χ2n) is 3.12. The molecule has 0 amide bonds. The highest BCUT2D eigenvalue weighted by atomic mass is 19.1. The predicted octanol–water partition coefficient (Wildman–Crippen LogP) is 1.95. The van der Waals surface area contributed by atoms with Crippen LogP contribution >= 0.6 is 0 Å². The molecule has 1 N–H and O–H groups in total. The number of aliphatic hydroxyl groups is 1. The average Bonchev–Trinajstić information content (AvgIpc) is 2.22. The van der Waals surface area contributed by atoms with E-state index in [4.69, 9.17) is 9.47 Å². The van der Waals surface area contributed by atoms with Crippen molar-refractivity contribution >= 4 is 0 Å². The quantitative estimate of drug-likeness (QED) is 0.761. The van der Waals surface area contributed by atoms with Crippen molar-refractivity contribution in [3.8, 4) is 5.75 Å². The maximum atomic E-state index is 12.6. The molecule has 0 aromatic heterocycles. The number of aliphatic hydroxyl groups excluding tert-OH is 1. The number of halogens is 1. The van der Waals surface area contributed by atoms with Gasteiger partial charge in [-0.15, -0.1) is 0 Å². The highest BCUT2D eigenvalue weighted by Gasteiger charge is 2.15. The van der Waals surface area contributed by atoms with Crippen molar-refractivity contribution in [2.45, 2.75) is 26.2 Å². The average molecular weight is 214 g/mol. The summed E-state index contributed by atoms with van der Waals surface area (Å²) in [7, 11) is 0. The maximum absolute atomic E-state index is 12.6. The minimum absolute atomic E-state index is 0.319. The van der Waals surface area contributed by atoms with Gasteiger partial charge in [0.1, 0.15) is 17.7 Å². The first-order valence-electron chi connectivity index (χ1n) is 4.85. The Morgan fingerprint density at radius 3 is 2.47 bits per heavy atom. The first kappa shape index (κ1) is 11.9. The van der Waals surface area contributed by atoms with Crippen LogP contribution in [-0.2, 0) is 4.74 Å². The van der Waals surface area contributed by atoms with Gasteiger partial charge in [-0.05, 0) is 38.1 Å². The van der Waals surface area contributed by atoms with Gasteiger partial charge in [0.2, 0.25) is 0 Å². The van der Waals surface area contributed by atoms with Crippen LogP contribution in [0.15, 0.2) is 24.3 Å². The van der Waals surface area contributed by atoms with Crippen LogP contribution in [0.25, 0.3) is 0 Å². The summed E-state index contributed by atoms with van der Waals surface area (Å²) in [5, 5.41) is 9.41. The van der Waals surface area contributed by atoms with E-state index in [0.717, 1.165) is 0 Å².